The van der Waals surface area contributed by atoms with Crippen molar-refractivity contribution in [2.24, 2.45) is 0 Å². The van der Waals surface area contributed by atoms with Gasteiger partial charge >= 0.3 is 5.97 Å². The number of aryl methyl sites for hydroxylation is 1. The number of halogens is 2. The quantitative estimate of drug-likeness (QED) is 0.860. The van der Waals surface area contributed by atoms with E-state index in [1.165, 1.54) is 17.4 Å². The molecule has 0 aliphatic carbocycles. The van der Waals surface area contributed by atoms with Crippen LogP contribution in [0.1, 0.15) is 20.8 Å². The predicted octanol–water partition coefficient (Wildman–Crippen LogP) is 2.81. The Morgan fingerprint density at radius 3 is 2.68 bits per heavy atom. The van der Waals surface area contributed by atoms with Gasteiger partial charge in [-0.05, 0) is 30.0 Å². The van der Waals surface area contributed by atoms with Gasteiger partial charge in [-0.3, -0.25) is 4.79 Å². The molecule has 0 bridgehead atoms. The molecule has 116 valence electrons. The van der Waals surface area contributed by atoms with Crippen LogP contribution in [0.3, 0.4) is 0 Å². The van der Waals surface area contributed by atoms with E-state index in [1.807, 2.05) is 0 Å². The molecule has 0 atom stereocenters. The fraction of sp³-hybridized carbons (Fsp3) is 0.200. The molecule has 7 heteroatoms. The van der Waals surface area contributed by atoms with Gasteiger partial charge in [0.2, 0.25) is 0 Å². The molecular weight excluding hydrogens is 312 g/mol. The van der Waals surface area contributed by atoms with Crippen molar-refractivity contribution in [2.75, 3.05) is 6.61 Å². The second-order valence-corrected chi connectivity index (χ2v) is 5.44. The molecule has 0 fully saturated rings. The summed E-state index contributed by atoms with van der Waals surface area (Å²) in [6, 6.07) is 4.86. The van der Waals surface area contributed by atoms with E-state index in [4.69, 9.17) is 4.74 Å². The van der Waals surface area contributed by atoms with Crippen molar-refractivity contribution in [3.05, 3.63) is 57.3 Å². The minimum absolute atomic E-state index is 0.111. The maximum atomic E-state index is 13.4. The van der Waals surface area contributed by atoms with Gasteiger partial charge in [-0.25, -0.2) is 13.6 Å². The van der Waals surface area contributed by atoms with Crippen LogP contribution in [0.15, 0.2) is 29.6 Å². The lowest BCUT2D eigenvalue weighted by atomic mass is 10.2. The Hall–Kier alpha value is -2.28. The molecule has 2 aromatic rings. The summed E-state index contributed by atoms with van der Waals surface area (Å²) in [6.07, 6.45) is 0. The topological polar surface area (TPSA) is 55.4 Å². The monoisotopic (exact) mass is 325 g/mol. The Morgan fingerprint density at radius 2 is 2.05 bits per heavy atom. The molecule has 0 radical (unpaired) electrons. The van der Waals surface area contributed by atoms with Crippen molar-refractivity contribution in [3.8, 4) is 0 Å². The number of esters is 1. The number of hydrogen-bond donors (Lipinski definition) is 1. The van der Waals surface area contributed by atoms with Crippen LogP contribution < -0.4 is 5.32 Å². The van der Waals surface area contributed by atoms with Crippen LogP contribution in [0.4, 0.5) is 8.78 Å². The maximum Gasteiger partial charge on any atom is 0.349 e. The smallest absolute Gasteiger partial charge is 0.349 e. The number of benzene rings is 1. The highest BCUT2D eigenvalue weighted by molar-refractivity contribution is 7.12. The highest BCUT2D eigenvalue weighted by Crippen LogP contribution is 2.16. The largest absolute Gasteiger partial charge is 0.451 e. The van der Waals surface area contributed by atoms with Crippen LogP contribution in [-0.2, 0) is 16.1 Å². The zero-order valence-electron chi connectivity index (χ0n) is 11.7. The van der Waals surface area contributed by atoms with E-state index in [0.717, 1.165) is 17.7 Å². The number of carbonyl (C=O) groups is 2. The number of carbonyl (C=O) groups excluding carboxylic acids is 2. The fourth-order valence-electron chi connectivity index (χ4n) is 1.69. The average Bonchev–Trinajstić information content (AvgIpc) is 2.90. The van der Waals surface area contributed by atoms with Crippen molar-refractivity contribution in [2.45, 2.75) is 13.5 Å². The van der Waals surface area contributed by atoms with Crippen LogP contribution in [0, 0.1) is 18.6 Å². The third-order valence-electron chi connectivity index (χ3n) is 2.87. The molecule has 0 saturated heterocycles. The lowest BCUT2D eigenvalue weighted by Gasteiger charge is -2.07. The Balaban J connectivity index is 1.81. The zero-order chi connectivity index (χ0) is 16.1. The van der Waals surface area contributed by atoms with Crippen LogP contribution in [-0.4, -0.2) is 18.5 Å². The fourth-order valence-corrected chi connectivity index (χ4v) is 2.51. The summed E-state index contributed by atoms with van der Waals surface area (Å²) in [6.45, 7) is 1.20. The molecule has 1 aromatic carbocycles. The molecule has 2 rings (SSSR count). The summed E-state index contributed by atoms with van der Waals surface area (Å²) in [4.78, 5) is 23.7. The molecule has 0 aliphatic heterocycles. The molecule has 1 N–H and O–H groups in total. The van der Waals surface area contributed by atoms with Crippen LogP contribution in [0.25, 0.3) is 0 Å². The Morgan fingerprint density at radius 1 is 1.27 bits per heavy atom. The number of amides is 1. The molecule has 4 nitrogen and oxygen atoms in total. The van der Waals surface area contributed by atoms with E-state index in [9.17, 15) is 18.4 Å². The van der Waals surface area contributed by atoms with Gasteiger partial charge in [-0.1, -0.05) is 6.07 Å². The highest BCUT2D eigenvalue weighted by Gasteiger charge is 2.14. The maximum absolute atomic E-state index is 13.4. The van der Waals surface area contributed by atoms with E-state index >= 15 is 0 Å². The second kappa shape index (κ2) is 7.13. The molecule has 0 saturated carbocycles. The van der Waals surface area contributed by atoms with Crippen molar-refractivity contribution < 1.29 is 23.1 Å². The van der Waals surface area contributed by atoms with Gasteiger partial charge < -0.3 is 10.1 Å². The lowest BCUT2D eigenvalue weighted by Crippen LogP contribution is -2.28. The molecule has 1 heterocycles. The normalized spacial score (nSPS) is 10.3. The third-order valence-corrected chi connectivity index (χ3v) is 3.87. The predicted molar refractivity (Wildman–Crippen MR) is 77.5 cm³/mol. The van der Waals surface area contributed by atoms with Gasteiger partial charge in [0.1, 0.15) is 16.5 Å². The first-order valence-electron chi connectivity index (χ1n) is 6.39. The van der Waals surface area contributed by atoms with Gasteiger partial charge in [0.05, 0.1) is 0 Å². The second-order valence-electron chi connectivity index (χ2n) is 4.52. The molecule has 1 amide bonds. The molecular formula is C15H13F2NO3S. The average molecular weight is 325 g/mol. The number of ether oxygens (including phenoxy) is 1. The summed E-state index contributed by atoms with van der Waals surface area (Å²) < 4.78 is 31.0. The Kier molecular flexibility index (Phi) is 5.21. The highest BCUT2D eigenvalue weighted by atomic mass is 32.1. The first-order chi connectivity index (χ1) is 10.5. The summed E-state index contributed by atoms with van der Waals surface area (Å²) in [5, 5.41) is 4.15. The summed E-state index contributed by atoms with van der Waals surface area (Å²) in [7, 11) is 0. The van der Waals surface area contributed by atoms with Gasteiger partial charge in [0.15, 0.2) is 6.61 Å². The minimum atomic E-state index is -0.744. The number of thiophene rings is 1. The molecule has 0 spiro atoms. The molecule has 0 unspecified atom stereocenters. The molecule has 1 aromatic heterocycles. The first kappa shape index (κ1) is 16.1. The SMILES string of the molecule is Cc1ccsc1C(=O)OCC(=O)NCc1ccc(F)cc1F. The van der Waals surface area contributed by atoms with Gasteiger partial charge in [0.25, 0.3) is 5.91 Å². The van der Waals surface area contributed by atoms with Gasteiger partial charge in [0, 0.05) is 18.2 Å². The summed E-state index contributed by atoms with van der Waals surface area (Å²) in [5.41, 5.74) is 0.930. The Labute approximate surface area is 129 Å². The van der Waals surface area contributed by atoms with Crippen LogP contribution in [0.2, 0.25) is 0 Å². The standard InChI is InChI=1S/C15H13F2NO3S/c1-9-4-5-22-14(9)15(20)21-8-13(19)18-7-10-2-3-11(16)6-12(10)17/h2-6H,7-8H2,1H3,(H,18,19). The molecule has 0 aliphatic rings. The minimum Gasteiger partial charge on any atom is -0.451 e. The number of nitrogens with one attached hydrogen (secondary N) is 1. The van der Waals surface area contributed by atoms with Crippen molar-refractivity contribution in [3.63, 3.8) is 0 Å². The zero-order valence-corrected chi connectivity index (χ0v) is 12.5. The van der Waals surface area contributed by atoms with E-state index in [0.29, 0.717) is 4.88 Å². The van der Waals surface area contributed by atoms with E-state index in [2.05, 4.69) is 5.32 Å². The van der Waals surface area contributed by atoms with Crippen LogP contribution in [0.5, 0.6) is 0 Å². The van der Waals surface area contributed by atoms with Crippen molar-refractivity contribution in [1.82, 2.24) is 5.32 Å². The number of hydrogen-bond acceptors (Lipinski definition) is 4. The Bertz CT molecular complexity index is 700. The van der Waals surface area contributed by atoms with Gasteiger partial charge in [-0.15, -0.1) is 11.3 Å². The third kappa shape index (κ3) is 4.11. The lowest BCUT2D eigenvalue weighted by molar-refractivity contribution is -0.124. The van der Waals surface area contributed by atoms with Crippen LogP contribution >= 0.6 is 11.3 Å². The summed E-state index contributed by atoms with van der Waals surface area (Å²) >= 11 is 1.23. The number of rotatable bonds is 5. The van der Waals surface area contributed by atoms with Crippen molar-refractivity contribution >= 4 is 23.2 Å². The summed E-state index contributed by atoms with van der Waals surface area (Å²) in [5.74, 6) is -2.57. The van der Waals surface area contributed by atoms with Gasteiger partial charge in [-0.2, -0.15) is 0 Å². The van der Waals surface area contributed by atoms with E-state index in [1.54, 1.807) is 18.4 Å². The van der Waals surface area contributed by atoms with E-state index < -0.39 is 30.1 Å². The first-order valence-corrected chi connectivity index (χ1v) is 7.27. The van der Waals surface area contributed by atoms with Crippen molar-refractivity contribution in [1.29, 1.82) is 0 Å². The molecule has 22 heavy (non-hydrogen) atoms. The van der Waals surface area contributed by atoms with E-state index in [-0.39, 0.29) is 12.1 Å².